The summed E-state index contributed by atoms with van der Waals surface area (Å²) in [6.45, 7) is 5.35. The number of nitrogens with zero attached hydrogens (tertiary/aromatic N) is 4. The molecule has 0 spiro atoms. The van der Waals surface area contributed by atoms with Crippen molar-refractivity contribution in [1.82, 2.24) is 14.7 Å². The Morgan fingerprint density at radius 2 is 2.17 bits per heavy atom. The maximum Gasteiger partial charge on any atom is 0.146 e. The Morgan fingerprint density at radius 1 is 1.35 bits per heavy atom. The first-order valence-electron chi connectivity index (χ1n) is 8.11. The maximum atomic E-state index is 10.4. The summed E-state index contributed by atoms with van der Waals surface area (Å²) in [5.74, 6) is 0.851. The zero-order valence-electron chi connectivity index (χ0n) is 13.4. The summed E-state index contributed by atoms with van der Waals surface area (Å²) in [6.07, 6.45) is 6.71. The molecule has 1 aliphatic rings. The second kappa shape index (κ2) is 7.37. The smallest absolute Gasteiger partial charge is 0.146 e. The third-order valence-corrected chi connectivity index (χ3v) is 4.32. The van der Waals surface area contributed by atoms with Crippen LogP contribution in [0.1, 0.15) is 26.2 Å². The summed E-state index contributed by atoms with van der Waals surface area (Å²) in [4.78, 5) is 13.0. The molecule has 1 aromatic carbocycles. The highest BCUT2D eigenvalue weighted by atomic mass is 16.5. The first-order valence-corrected chi connectivity index (χ1v) is 8.11. The van der Waals surface area contributed by atoms with Gasteiger partial charge in [-0.1, -0.05) is 0 Å². The third kappa shape index (κ3) is 3.96. The fraction of sp³-hybridized carbons (Fsp3) is 0.471. The minimum Gasteiger partial charge on any atom is -0.494 e. The van der Waals surface area contributed by atoms with Gasteiger partial charge in [-0.15, -0.1) is 4.91 Å². The third-order valence-electron chi connectivity index (χ3n) is 4.32. The molecule has 1 atom stereocenters. The van der Waals surface area contributed by atoms with Crippen LogP contribution in [0.5, 0.6) is 5.75 Å². The van der Waals surface area contributed by atoms with Crippen molar-refractivity contribution in [3.05, 3.63) is 41.6 Å². The average Bonchev–Trinajstić information content (AvgIpc) is 3.21. The number of hydrogen-bond donors (Lipinski definition) is 0. The maximum absolute atomic E-state index is 10.4. The standard InChI is InChI=1S/C17H22N4O2/c1-14-4-2-9-20(14)10-3-11-23-17-7-5-16(6-8-17)21-13-15(19-22)12-18-21/h5-8,12-14H,2-4,9-11H2,1H3/t14-/m1/s1. The van der Waals surface area contributed by atoms with Gasteiger partial charge in [-0.2, -0.15) is 5.10 Å². The van der Waals surface area contributed by atoms with E-state index in [9.17, 15) is 4.91 Å². The van der Waals surface area contributed by atoms with E-state index in [1.54, 1.807) is 10.9 Å². The van der Waals surface area contributed by atoms with E-state index in [-0.39, 0.29) is 0 Å². The number of ether oxygens (including phenoxy) is 1. The second-order valence-corrected chi connectivity index (χ2v) is 5.96. The van der Waals surface area contributed by atoms with E-state index in [2.05, 4.69) is 22.1 Å². The molecule has 0 aliphatic carbocycles. The van der Waals surface area contributed by atoms with Crippen molar-refractivity contribution in [2.24, 2.45) is 5.18 Å². The summed E-state index contributed by atoms with van der Waals surface area (Å²) >= 11 is 0. The Morgan fingerprint density at radius 3 is 2.83 bits per heavy atom. The van der Waals surface area contributed by atoms with E-state index in [4.69, 9.17) is 4.74 Å². The minimum absolute atomic E-state index is 0.321. The molecule has 0 N–H and O–H groups in total. The number of rotatable bonds is 7. The summed E-state index contributed by atoms with van der Waals surface area (Å²) < 4.78 is 7.41. The molecule has 0 bridgehead atoms. The summed E-state index contributed by atoms with van der Waals surface area (Å²) in [7, 11) is 0. The van der Waals surface area contributed by atoms with Crippen molar-refractivity contribution >= 4 is 5.69 Å². The molecule has 23 heavy (non-hydrogen) atoms. The molecule has 2 heterocycles. The topological polar surface area (TPSA) is 59.7 Å². The number of benzene rings is 1. The van der Waals surface area contributed by atoms with Crippen LogP contribution in [0.2, 0.25) is 0 Å². The number of nitroso groups, excluding NO2 is 1. The average molecular weight is 314 g/mol. The van der Waals surface area contributed by atoms with Crippen molar-refractivity contribution in [3.8, 4) is 11.4 Å². The van der Waals surface area contributed by atoms with Crippen molar-refractivity contribution in [2.45, 2.75) is 32.2 Å². The monoisotopic (exact) mass is 314 g/mol. The van der Waals surface area contributed by atoms with Gasteiger partial charge in [0.15, 0.2) is 0 Å². The van der Waals surface area contributed by atoms with Crippen LogP contribution in [0.25, 0.3) is 5.69 Å². The molecular formula is C17H22N4O2. The van der Waals surface area contributed by atoms with E-state index >= 15 is 0 Å². The Bertz CT molecular complexity index is 638. The second-order valence-electron chi connectivity index (χ2n) is 5.96. The molecule has 1 aliphatic heterocycles. The van der Waals surface area contributed by atoms with Gasteiger partial charge in [0.05, 0.1) is 24.7 Å². The van der Waals surface area contributed by atoms with Crippen molar-refractivity contribution < 1.29 is 4.74 Å². The van der Waals surface area contributed by atoms with Crippen molar-refractivity contribution in [3.63, 3.8) is 0 Å². The van der Waals surface area contributed by atoms with Crippen LogP contribution in [-0.2, 0) is 0 Å². The fourth-order valence-corrected chi connectivity index (χ4v) is 2.98. The van der Waals surface area contributed by atoms with Crippen LogP contribution in [-0.4, -0.2) is 40.4 Å². The molecule has 0 unspecified atom stereocenters. The molecule has 0 amide bonds. The van der Waals surface area contributed by atoms with Crippen LogP contribution >= 0.6 is 0 Å². The van der Waals surface area contributed by atoms with Crippen LogP contribution in [0.3, 0.4) is 0 Å². The van der Waals surface area contributed by atoms with Gasteiger partial charge in [-0.05, 0) is 62.2 Å². The van der Waals surface area contributed by atoms with E-state index < -0.39 is 0 Å². The van der Waals surface area contributed by atoms with Gasteiger partial charge in [0.1, 0.15) is 11.4 Å². The van der Waals surface area contributed by atoms with Gasteiger partial charge in [0.2, 0.25) is 0 Å². The van der Waals surface area contributed by atoms with E-state index in [0.717, 1.165) is 31.0 Å². The molecule has 0 saturated carbocycles. The lowest BCUT2D eigenvalue weighted by atomic mass is 10.2. The lowest BCUT2D eigenvalue weighted by Crippen LogP contribution is -2.28. The SMILES string of the molecule is C[C@@H]1CCCN1CCCOc1ccc(-n2cc(N=O)cn2)cc1. The Labute approximate surface area is 136 Å². The van der Waals surface area contributed by atoms with Crippen LogP contribution in [0.15, 0.2) is 41.8 Å². The van der Waals surface area contributed by atoms with Crippen molar-refractivity contribution in [2.75, 3.05) is 19.7 Å². The Hall–Kier alpha value is -2.21. The van der Waals surface area contributed by atoms with E-state index in [1.165, 1.54) is 25.6 Å². The first-order chi connectivity index (χ1) is 11.3. The number of aromatic nitrogens is 2. The highest BCUT2D eigenvalue weighted by Crippen LogP contribution is 2.19. The predicted octanol–water partition coefficient (Wildman–Crippen LogP) is 3.52. The lowest BCUT2D eigenvalue weighted by Gasteiger charge is -2.20. The molecular weight excluding hydrogens is 292 g/mol. The number of hydrogen-bond acceptors (Lipinski definition) is 5. The van der Waals surface area contributed by atoms with E-state index in [0.29, 0.717) is 11.7 Å². The first kappa shape index (κ1) is 15.7. The molecule has 1 fully saturated rings. The van der Waals surface area contributed by atoms with Gasteiger partial charge in [-0.25, -0.2) is 4.68 Å². The molecule has 122 valence electrons. The van der Waals surface area contributed by atoms with Gasteiger partial charge in [0, 0.05) is 12.6 Å². The van der Waals surface area contributed by atoms with Gasteiger partial charge >= 0.3 is 0 Å². The van der Waals surface area contributed by atoms with Crippen LogP contribution in [0.4, 0.5) is 5.69 Å². The van der Waals surface area contributed by atoms with Gasteiger partial charge < -0.3 is 9.64 Å². The summed E-state index contributed by atoms with van der Waals surface area (Å²) in [5.41, 5.74) is 1.19. The Kier molecular flexibility index (Phi) is 5.02. The zero-order chi connectivity index (χ0) is 16.1. The van der Waals surface area contributed by atoms with E-state index in [1.807, 2.05) is 24.3 Å². The molecule has 0 radical (unpaired) electrons. The van der Waals surface area contributed by atoms with Crippen molar-refractivity contribution in [1.29, 1.82) is 0 Å². The summed E-state index contributed by atoms with van der Waals surface area (Å²) in [5, 5.41) is 6.95. The minimum atomic E-state index is 0.321. The zero-order valence-corrected chi connectivity index (χ0v) is 13.4. The predicted molar refractivity (Wildman–Crippen MR) is 89.4 cm³/mol. The molecule has 1 saturated heterocycles. The molecule has 2 aromatic rings. The molecule has 6 nitrogen and oxygen atoms in total. The Balaban J connectivity index is 1.46. The lowest BCUT2D eigenvalue weighted by molar-refractivity contribution is 0.230. The highest BCUT2D eigenvalue weighted by Gasteiger charge is 2.18. The fourth-order valence-electron chi connectivity index (χ4n) is 2.98. The normalized spacial score (nSPS) is 18.2. The number of likely N-dealkylation sites (tertiary alicyclic amines) is 1. The van der Waals surface area contributed by atoms with Gasteiger partial charge in [0.25, 0.3) is 0 Å². The molecule has 6 heteroatoms. The molecule has 1 aromatic heterocycles. The quantitative estimate of drug-likeness (QED) is 0.579. The summed E-state index contributed by atoms with van der Waals surface area (Å²) in [6, 6.07) is 8.39. The van der Waals surface area contributed by atoms with Crippen LogP contribution < -0.4 is 4.74 Å². The van der Waals surface area contributed by atoms with Crippen LogP contribution in [0, 0.1) is 4.91 Å². The van der Waals surface area contributed by atoms with Gasteiger partial charge in [-0.3, -0.25) is 0 Å². The highest BCUT2D eigenvalue weighted by molar-refractivity contribution is 5.40. The molecule has 3 rings (SSSR count). The largest absolute Gasteiger partial charge is 0.494 e.